The van der Waals surface area contributed by atoms with E-state index in [1.165, 1.54) is 12.5 Å². The third kappa shape index (κ3) is 7.86. The minimum atomic E-state index is 0. The normalized spacial score (nSPS) is 19.2. The minimum Gasteiger partial charge on any atom is -0.497 e. The summed E-state index contributed by atoms with van der Waals surface area (Å²) in [6, 6.07) is 8.64. The quantitative estimate of drug-likeness (QED) is 0.823. The monoisotopic (exact) mass is 298 g/mol. The van der Waals surface area contributed by atoms with E-state index in [0.29, 0.717) is 12.1 Å². The molecular formula is C15H26N2O2S. The predicted molar refractivity (Wildman–Crippen MR) is 89.4 cm³/mol. The van der Waals surface area contributed by atoms with E-state index in [9.17, 15) is 4.79 Å². The van der Waals surface area contributed by atoms with Gasteiger partial charge in [-0.2, -0.15) is 0 Å². The first-order valence-electron chi connectivity index (χ1n) is 6.43. The lowest BCUT2D eigenvalue weighted by atomic mass is 9.88. The Bertz CT molecular complexity index is 395. The highest BCUT2D eigenvalue weighted by Crippen LogP contribution is 2.16. The zero-order valence-corrected chi connectivity index (χ0v) is 13.2. The number of thiocarbonyl (C=S) groups is 1. The number of carbonyl (C=O) groups excluding carboxylic acids is 1. The fourth-order valence-electron chi connectivity index (χ4n) is 1.74. The highest BCUT2D eigenvalue weighted by atomic mass is 32.1. The standard InChI is InChI=1S/C8H10O.C6H12N2O.CH2S.H2/c1-7-3-5-8(9-2)6-4-7;1-4(9)8-6-2-5(7)3-6;1-2;/h3-6H,1-2H3;5-6H,2-3,7H2,1H3,(H,8,9);1H2;1H. The Hall–Kier alpha value is -1.46. The second-order valence-electron chi connectivity index (χ2n) is 4.65. The molecule has 1 aliphatic rings. The molecule has 0 heterocycles. The van der Waals surface area contributed by atoms with Gasteiger partial charge in [0.2, 0.25) is 5.91 Å². The summed E-state index contributed by atoms with van der Waals surface area (Å²) in [5.41, 5.74) is 6.75. The van der Waals surface area contributed by atoms with E-state index in [1.807, 2.05) is 24.3 Å². The molecule has 1 aromatic rings. The first-order chi connectivity index (χ1) is 9.51. The Labute approximate surface area is 128 Å². The minimum absolute atomic E-state index is 0. The van der Waals surface area contributed by atoms with Gasteiger partial charge in [-0.15, -0.1) is 0 Å². The summed E-state index contributed by atoms with van der Waals surface area (Å²) >= 11 is 3.83. The first-order valence-corrected chi connectivity index (χ1v) is 7.01. The molecule has 0 aliphatic heterocycles. The maximum atomic E-state index is 10.4. The van der Waals surface area contributed by atoms with Crippen LogP contribution < -0.4 is 15.8 Å². The number of benzene rings is 1. The SMILES string of the molecule is C=S.CC(=O)NC1CC(N)C1.COc1ccc(C)cc1.[HH]. The van der Waals surface area contributed by atoms with Crippen LogP contribution >= 0.6 is 12.2 Å². The molecule has 20 heavy (non-hydrogen) atoms. The van der Waals surface area contributed by atoms with Crippen LogP contribution in [0.5, 0.6) is 5.75 Å². The third-order valence-corrected chi connectivity index (χ3v) is 2.84. The molecule has 0 bridgehead atoms. The van der Waals surface area contributed by atoms with Crippen LogP contribution in [0, 0.1) is 6.92 Å². The number of carbonyl (C=O) groups is 1. The molecule has 4 nitrogen and oxygen atoms in total. The molecule has 0 radical (unpaired) electrons. The summed E-state index contributed by atoms with van der Waals surface area (Å²) in [6.07, 6.45) is 1.89. The molecule has 1 aromatic carbocycles. The summed E-state index contributed by atoms with van der Waals surface area (Å²) in [7, 11) is 1.67. The second kappa shape index (κ2) is 10.3. The smallest absolute Gasteiger partial charge is 0.217 e. The van der Waals surface area contributed by atoms with Gasteiger partial charge in [-0.25, -0.2) is 0 Å². The highest BCUT2D eigenvalue weighted by Gasteiger charge is 2.25. The lowest BCUT2D eigenvalue weighted by molar-refractivity contribution is -0.120. The summed E-state index contributed by atoms with van der Waals surface area (Å²) in [6.45, 7) is 3.59. The number of rotatable bonds is 2. The largest absolute Gasteiger partial charge is 0.497 e. The van der Waals surface area contributed by atoms with Gasteiger partial charge >= 0.3 is 0 Å². The zero-order valence-electron chi connectivity index (χ0n) is 12.4. The van der Waals surface area contributed by atoms with Crippen LogP contribution in [0.2, 0.25) is 0 Å². The number of ether oxygens (including phenoxy) is 1. The zero-order chi connectivity index (χ0) is 15.5. The Morgan fingerprint density at radius 3 is 2.25 bits per heavy atom. The number of amides is 1. The number of methoxy groups -OCH3 is 1. The van der Waals surface area contributed by atoms with Crippen molar-refractivity contribution >= 4 is 24.0 Å². The molecule has 2 rings (SSSR count). The number of hydrogen-bond donors (Lipinski definition) is 2. The number of aryl methyl sites for hydroxylation is 1. The number of hydrogen-bond acceptors (Lipinski definition) is 4. The van der Waals surface area contributed by atoms with Gasteiger partial charge in [0.05, 0.1) is 7.11 Å². The fourth-order valence-corrected chi connectivity index (χ4v) is 1.74. The highest BCUT2D eigenvalue weighted by molar-refractivity contribution is 7.77. The Kier molecular flexibility index (Phi) is 9.59. The van der Waals surface area contributed by atoms with Crippen LogP contribution in [-0.2, 0) is 4.79 Å². The molecule has 1 saturated carbocycles. The lowest BCUT2D eigenvalue weighted by Crippen LogP contribution is -2.49. The predicted octanol–water partition coefficient (Wildman–Crippen LogP) is 2.48. The molecule has 1 fully saturated rings. The van der Waals surface area contributed by atoms with Crippen molar-refractivity contribution in [3.05, 3.63) is 29.8 Å². The number of nitrogens with two attached hydrogens (primary N) is 1. The third-order valence-electron chi connectivity index (χ3n) is 2.84. The molecule has 1 aliphatic carbocycles. The van der Waals surface area contributed by atoms with Crippen LogP contribution in [0.25, 0.3) is 0 Å². The van der Waals surface area contributed by atoms with Crippen molar-refractivity contribution < 1.29 is 11.0 Å². The van der Waals surface area contributed by atoms with Gasteiger partial charge in [0.15, 0.2) is 0 Å². The van der Waals surface area contributed by atoms with Crippen molar-refractivity contribution in [1.29, 1.82) is 0 Å². The maximum absolute atomic E-state index is 10.4. The molecule has 5 heteroatoms. The molecular weight excluding hydrogens is 272 g/mol. The van der Waals surface area contributed by atoms with Gasteiger partial charge in [-0.3, -0.25) is 4.79 Å². The van der Waals surface area contributed by atoms with Crippen LogP contribution in [0.4, 0.5) is 0 Å². The van der Waals surface area contributed by atoms with E-state index in [0.717, 1.165) is 18.6 Å². The molecule has 3 N–H and O–H groups in total. The van der Waals surface area contributed by atoms with Crippen LogP contribution in [0.15, 0.2) is 24.3 Å². The van der Waals surface area contributed by atoms with Gasteiger partial charge < -0.3 is 15.8 Å². The Morgan fingerprint density at radius 2 is 1.90 bits per heavy atom. The first kappa shape index (κ1) is 18.5. The average molecular weight is 298 g/mol. The Morgan fingerprint density at radius 1 is 1.40 bits per heavy atom. The molecule has 0 aromatic heterocycles. The van der Waals surface area contributed by atoms with Crippen molar-refractivity contribution in [1.82, 2.24) is 5.32 Å². The van der Waals surface area contributed by atoms with Crippen LogP contribution in [0.3, 0.4) is 0 Å². The Balaban J connectivity index is 0. The summed E-state index contributed by atoms with van der Waals surface area (Å²) in [4.78, 5) is 10.4. The van der Waals surface area contributed by atoms with E-state index >= 15 is 0 Å². The molecule has 0 atom stereocenters. The summed E-state index contributed by atoms with van der Waals surface area (Å²) in [5.74, 6) is 3.80. The van der Waals surface area contributed by atoms with Crippen molar-refractivity contribution in [2.75, 3.05) is 7.11 Å². The van der Waals surface area contributed by atoms with E-state index in [2.05, 4.69) is 30.3 Å². The topological polar surface area (TPSA) is 64.4 Å². The summed E-state index contributed by atoms with van der Waals surface area (Å²) < 4.78 is 4.97. The van der Waals surface area contributed by atoms with Crippen LogP contribution in [-0.4, -0.2) is 31.0 Å². The van der Waals surface area contributed by atoms with Crippen LogP contribution in [0.1, 0.15) is 26.8 Å². The second-order valence-corrected chi connectivity index (χ2v) is 4.65. The van der Waals surface area contributed by atoms with Crippen molar-refractivity contribution in [3.63, 3.8) is 0 Å². The van der Waals surface area contributed by atoms with Crippen molar-refractivity contribution in [3.8, 4) is 5.75 Å². The van der Waals surface area contributed by atoms with E-state index < -0.39 is 0 Å². The molecule has 0 spiro atoms. The summed E-state index contributed by atoms with van der Waals surface area (Å²) in [5, 5.41) is 2.79. The average Bonchev–Trinajstić information content (AvgIpc) is 2.40. The molecule has 114 valence electrons. The fraction of sp³-hybridized carbons (Fsp3) is 0.467. The maximum Gasteiger partial charge on any atom is 0.217 e. The lowest BCUT2D eigenvalue weighted by Gasteiger charge is -2.32. The molecule has 0 unspecified atom stereocenters. The van der Waals surface area contributed by atoms with Gasteiger partial charge in [-0.05, 0) is 37.8 Å². The van der Waals surface area contributed by atoms with Gasteiger partial charge in [0.1, 0.15) is 5.75 Å². The van der Waals surface area contributed by atoms with Crippen molar-refractivity contribution in [2.24, 2.45) is 5.73 Å². The van der Waals surface area contributed by atoms with E-state index in [-0.39, 0.29) is 7.33 Å². The molecule has 0 saturated heterocycles. The number of nitrogens with one attached hydrogen (secondary N) is 1. The molecule has 1 amide bonds. The van der Waals surface area contributed by atoms with Gasteiger partial charge in [0, 0.05) is 20.4 Å². The van der Waals surface area contributed by atoms with Crippen molar-refractivity contribution in [2.45, 2.75) is 38.8 Å². The van der Waals surface area contributed by atoms with E-state index in [1.54, 1.807) is 7.11 Å². The van der Waals surface area contributed by atoms with E-state index in [4.69, 9.17) is 10.5 Å². The van der Waals surface area contributed by atoms with Gasteiger partial charge in [0.25, 0.3) is 0 Å². The van der Waals surface area contributed by atoms with Gasteiger partial charge in [-0.1, -0.05) is 29.9 Å².